The lowest BCUT2D eigenvalue weighted by Crippen LogP contribution is -1.99. The molecule has 70 valence electrons. The molecular weight excluding hydrogens is 160 g/mol. The fourth-order valence-corrected chi connectivity index (χ4v) is 1.13. The predicted octanol–water partition coefficient (Wildman–Crippen LogP) is 2.56. The van der Waals surface area contributed by atoms with Crippen LogP contribution in [0.4, 0.5) is 0 Å². The van der Waals surface area contributed by atoms with Gasteiger partial charge in [0.2, 0.25) is 0 Å². The van der Waals surface area contributed by atoms with Crippen LogP contribution in [-0.4, -0.2) is 18.2 Å². The van der Waals surface area contributed by atoms with Gasteiger partial charge in [0.15, 0.2) is 0 Å². The first kappa shape index (κ1) is 9.90. The molecule has 0 saturated heterocycles. The zero-order valence-electron chi connectivity index (χ0n) is 8.70. The zero-order chi connectivity index (χ0) is 9.84. The highest BCUT2D eigenvalue weighted by Crippen LogP contribution is 2.13. The smallest absolute Gasteiger partial charge is 0.0840 e. The van der Waals surface area contributed by atoms with Crippen LogP contribution < -0.4 is 0 Å². The number of aliphatic imine (C=N–C) groups is 1. The van der Waals surface area contributed by atoms with Crippen molar-refractivity contribution in [2.45, 2.75) is 26.7 Å². The number of hydrogen-bond donors (Lipinski definition) is 0. The van der Waals surface area contributed by atoms with Gasteiger partial charge in [-0.2, -0.15) is 0 Å². The summed E-state index contributed by atoms with van der Waals surface area (Å²) in [6, 6.07) is 4.17. The lowest BCUT2D eigenvalue weighted by atomic mass is 10.1. The van der Waals surface area contributed by atoms with Crippen LogP contribution in [0, 0.1) is 6.92 Å². The lowest BCUT2D eigenvalue weighted by Gasteiger charge is -2.06. The van der Waals surface area contributed by atoms with E-state index in [0.29, 0.717) is 5.92 Å². The van der Waals surface area contributed by atoms with Crippen LogP contribution in [0.2, 0.25) is 0 Å². The van der Waals surface area contributed by atoms with Gasteiger partial charge in [0, 0.05) is 19.0 Å². The lowest BCUT2D eigenvalue weighted by molar-refractivity contribution is 0.819. The summed E-state index contributed by atoms with van der Waals surface area (Å²) in [4.78, 5) is 8.49. The summed E-state index contributed by atoms with van der Waals surface area (Å²) in [6.45, 7) is 6.34. The monoisotopic (exact) mass is 176 g/mol. The van der Waals surface area contributed by atoms with E-state index in [1.807, 2.05) is 6.92 Å². The van der Waals surface area contributed by atoms with Crippen LogP contribution in [0.25, 0.3) is 0 Å². The Labute approximate surface area is 79.7 Å². The third-order valence-electron chi connectivity index (χ3n) is 2.00. The summed E-state index contributed by atoms with van der Waals surface area (Å²) in [5.74, 6) is 0.476. The van der Waals surface area contributed by atoms with Gasteiger partial charge >= 0.3 is 0 Å². The SMILES string of the molecule is CN=Cc1nc(C(C)C)ccc1C. The predicted molar refractivity (Wildman–Crippen MR) is 56.6 cm³/mol. The van der Waals surface area contributed by atoms with Crippen molar-refractivity contribution in [3.63, 3.8) is 0 Å². The Hall–Kier alpha value is -1.18. The molecule has 0 spiro atoms. The standard InChI is InChI=1S/C11H16N2/c1-8(2)10-6-5-9(3)11(13-10)7-12-4/h5-8H,1-4H3. The molecule has 0 aromatic carbocycles. The van der Waals surface area contributed by atoms with Gasteiger partial charge in [-0.1, -0.05) is 19.9 Å². The van der Waals surface area contributed by atoms with E-state index < -0.39 is 0 Å². The second-order valence-corrected chi connectivity index (χ2v) is 3.48. The molecule has 1 aromatic rings. The van der Waals surface area contributed by atoms with Gasteiger partial charge in [-0.3, -0.25) is 9.98 Å². The van der Waals surface area contributed by atoms with Crippen LogP contribution in [0.3, 0.4) is 0 Å². The molecule has 0 atom stereocenters. The molecule has 1 rings (SSSR count). The topological polar surface area (TPSA) is 25.2 Å². The van der Waals surface area contributed by atoms with Gasteiger partial charge in [0.05, 0.1) is 5.69 Å². The van der Waals surface area contributed by atoms with Gasteiger partial charge in [-0.05, 0) is 24.5 Å². The molecule has 0 aliphatic rings. The minimum Gasteiger partial charge on any atom is -0.294 e. The molecule has 13 heavy (non-hydrogen) atoms. The average Bonchev–Trinajstić information content (AvgIpc) is 2.08. The second kappa shape index (κ2) is 4.17. The molecule has 0 fully saturated rings. The maximum Gasteiger partial charge on any atom is 0.0840 e. The third-order valence-corrected chi connectivity index (χ3v) is 2.00. The minimum atomic E-state index is 0.476. The molecule has 0 amide bonds. The third kappa shape index (κ3) is 2.38. The van der Waals surface area contributed by atoms with Crippen molar-refractivity contribution in [1.82, 2.24) is 4.98 Å². The van der Waals surface area contributed by atoms with E-state index in [9.17, 15) is 0 Å². The van der Waals surface area contributed by atoms with E-state index in [1.165, 1.54) is 5.56 Å². The summed E-state index contributed by atoms with van der Waals surface area (Å²) in [6.07, 6.45) is 1.81. The van der Waals surface area contributed by atoms with Crippen molar-refractivity contribution in [2.75, 3.05) is 7.05 Å². The van der Waals surface area contributed by atoms with Crippen molar-refractivity contribution in [3.8, 4) is 0 Å². The van der Waals surface area contributed by atoms with E-state index in [0.717, 1.165) is 11.4 Å². The summed E-state index contributed by atoms with van der Waals surface area (Å²) in [5, 5.41) is 0. The first-order valence-electron chi connectivity index (χ1n) is 4.55. The number of hydrogen-bond acceptors (Lipinski definition) is 2. The van der Waals surface area contributed by atoms with Crippen LogP contribution >= 0.6 is 0 Å². The molecule has 0 saturated carbocycles. The normalized spacial score (nSPS) is 11.5. The Morgan fingerprint density at radius 1 is 1.38 bits per heavy atom. The summed E-state index contributed by atoms with van der Waals surface area (Å²) in [7, 11) is 1.77. The van der Waals surface area contributed by atoms with Gasteiger partial charge in [0.1, 0.15) is 0 Å². The first-order chi connectivity index (χ1) is 6.15. The van der Waals surface area contributed by atoms with E-state index in [4.69, 9.17) is 0 Å². The summed E-state index contributed by atoms with van der Waals surface area (Å²) in [5.41, 5.74) is 3.28. The Morgan fingerprint density at radius 2 is 2.08 bits per heavy atom. The van der Waals surface area contributed by atoms with Crippen molar-refractivity contribution < 1.29 is 0 Å². The van der Waals surface area contributed by atoms with Crippen molar-refractivity contribution in [2.24, 2.45) is 4.99 Å². The fraction of sp³-hybridized carbons (Fsp3) is 0.455. The quantitative estimate of drug-likeness (QED) is 0.636. The zero-order valence-corrected chi connectivity index (χ0v) is 8.70. The average molecular weight is 176 g/mol. The number of aromatic nitrogens is 1. The van der Waals surface area contributed by atoms with E-state index >= 15 is 0 Å². The molecular formula is C11H16N2. The van der Waals surface area contributed by atoms with Crippen molar-refractivity contribution in [3.05, 3.63) is 29.1 Å². The van der Waals surface area contributed by atoms with Crippen LogP contribution in [-0.2, 0) is 0 Å². The van der Waals surface area contributed by atoms with E-state index in [1.54, 1.807) is 13.3 Å². The number of rotatable bonds is 2. The van der Waals surface area contributed by atoms with Gasteiger partial charge in [-0.25, -0.2) is 0 Å². The van der Waals surface area contributed by atoms with Gasteiger partial charge < -0.3 is 0 Å². The molecule has 2 nitrogen and oxygen atoms in total. The van der Waals surface area contributed by atoms with E-state index in [-0.39, 0.29) is 0 Å². The molecule has 0 N–H and O–H groups in total. The highest BCUT2D eigenvalue weighted by Gasteiger charge is 2.02. The maximum absolute atomic E-state index is 4.51. The number of nitrogens with zero attached hydrogens (tertiary/aromatic N) is 2. The van der Waals surface area contributed by atoms with Crippen molar-refractivity contribution in [1.29, 1.82) is 0 Å². The first-order valence-corrected chi connectivity index (χ1v) is 4.55. The van der Waals surface area contributed by atoms with Gasteiger partial charge in [-0.15, -0.1) is 0 Å². The highest BCUT2D eigenvalue weighted by atomic mass is 14.8. The Morgan fingerprint density at radius 3 is 2.62 bits per heavy atom. The van der Waals surface area contributed by atoms with Crippen LogP contribution in [0.15, 0.2) is 17.1 Å². The second-order valence-electron chi connectivity index (χ2n) is 3.48. The molecule has 0 aliphatic carbocycles. The van der Waals surface area contributed by atoms with Gasteiger partial charge in [0.25, 0.3) is 0 Å². The minimum absolute atomic E-state index is 0.476. The number of aryl methyl sites for hydroxylation is 1. The molecule has 0 unspecified atom stereocenters. The molecule has 2 heteroatoms. The summed E-state index contributed by atoms with van der Waals surface area (Å²) >= 11 is 0. The maximum atomic E-state index is 4.51. The Balaban J connectivity index is 3.11. The Kier molecular flexibility index (Phi) is 3.18. The molecule has 0 radical (unpaired) electrons. The molecule has 1 aromatic heterocycles. The summed E-state index contributed by atoms with van der Waals surface area (Å²) < 4.78 is 0. The molecule has 1 heterocycles. The molecule has 0 bridgehead atoms. The molecule has 0 aliphatic heterocycles. The van der Waals surface area contributed by atoms with Crippen LogP contribution in [0.5, 0.6) is 0 Å². The largest absolute Gasteiger partial charge is 0.294 e. The highest BCUT2D eigenvalue weighted by molar-refractivity contribution is 5.78. The van der Waals surface area contributed by atoms with Crippen LogP contribution in [0.1, 0.15) is 36.7 Å². The fourth-order valence-electron chi connectivity index (χ4n) is 1.13. The number of pyridine rings is 1. The van der Waals surface area contributed by atoms with Crippen molar-refractivity contribution >= 4 is 6.21 Å². The van der Waals surface area contributed by atoms with E-state index in [2.05, 4.69) is 36.0 Å². The Bertz CT molecular complexity index is 314.